The molecule has 0 aromatic carbocycles. The summed E-state index contributed by atoms with van der Waals surface area (Å²) in [5, 5.41) is 4.87. The number of hydrogen-bond acceptors (Lipinski definition) is 3. The largest absolute Gasteiger partial charge is 0.383 e. The lowest BCUT2D eigenvalue weighted by Gasteiger charge is -2.21. The molecule has 0 radical (unpaired) electrons. The SMILES string of the molecule is Nc1c(Cl)cnn1C1CCN2CCCC12. The highest BCUT2D eigenvalue weighted by molar-refractivity contribution is 6.32. The van der Waals surface area contributed by atoms with Crippen LogP contribution in [0.25, 0.3) is 0 Å². The predicted molar refractivity (Wildman–Crippen MR) is 59.9 cm³/mol. The number of halogens is 1. The minimum absolute atomic E-state index is 0.431. The van der Waals surface area contributed by atoms with Crippen LogP contribution in [0.2, 0.25) is 5.02 Å². The zero-order valence-electron chi connectivity index (χ0n) is 8.56. The molecular weight excluding hydrogens is 212 g/mol. The van der Waals surface area contributed by atoms with Crippen LogP contribution in [0.1, 0.15) is 25.3 Å². The predicted octanol–water partition coefficient (Wildman–Crippen LogP) is 1.53. The fourth-order valence-electron chi connectivity index (χ4n) is 2.96. The van der Waals surface area contributed by atoms with Gasteiger partial charge in [0.05, 0.1) is 12.2 Å². The van der Waals surface area contributed by atoms with Gasteiger partial charge in [-0.05, 0) is 25.8 Å². The molecule has 2 aliphatic heterocycles. The van der Waals surface area contributed by atoms with E-state index in [9.17, 15) is 0 Å². The summed E-state index contributed by atoms with van der Waals surface area (Å²) in [5.74, 6) is 0.621. The van der Waals surface area contributed by atoms with Crippen molar-refractivity contribution < 1.29 is 0 Å². The Kier molecular flexibility index (Phi) is 2.14. The van der Waals surface area contributed by atoms with Crippen LogP contribution in [0.5, 0.6) is 0 Å². The topological polar surface area (TPSA) is 47.1 Å². The standard InChI is InChI=1S/C10H15ClN4/c11-7-6-13-15(10(7)12)9-3-5-14-4-1-2-8(9)14/h6,8-9H,1-5,12H2. The van der Waals surface area contributed by atoms with Crippen molar-refractivity contribution in [2.24, 2.45) is 0 Å². The Morgan fingerprint density at radius 1 is 1.33 bits per heavy atom. The van der Waals surface area contributed by atoms with Crippen LogP contribution in [0.3, 0.4) is 0 Å². The van der Waals surface area contributed by atoms with Gasteiger partial charge >= 0.3 is 0 Å². The van der Waals surface area contributed by atoms with E-state index < -0.39 is 0 Å². The van der Waals surface area contributed by atoms with E-state index in [1.165, 1.54) is 25.9 Å². The Balaban J connectivity index is 1.91. The van der Waals surface area contributed by atoms with Gasteiger partial charge in [0.25, 0.3) is 0 Å². The summed E-state index contributed by atoms with van der Waals surface area (Å²) in [4.78, 5) is 2.54. The summed E-state index contributed by atoms with van der Waals surface area (Å²) in [7, 11) is 0. The number of nitrogens with two attached hydrogens (primary N) is 1. The van der Waals surface area contributed by atoms with Crippen molar-refractivity contribution in [1.29, 1.82) is 0 Å². The summed E-state index contributed by atoms with van der Waals surface area (Å²) < 4.78 is 1.92. The fourth-order valence-corrected chi connectivity index (χ4v) is 3.09. The molecule has 2 N–H and O–H groups in total. The molecule has 5 heteroatoms. The van der Waals surface area contributed by atoms with E-state index in [0.717, 1.165) is 6.42 Å². The molecule has 82 valence electrons. The molecule has 2 unspecified atom stereocenters. The number of rotatable bonds is 1. The van der Waals surface area contributed by atoms with Crippen molar-refractivity contribution in [1.82, 2.24) is 14.7 Å². The number of nitrogen functional groups attached to an aromatic ring is 1. The Labute approximate surface area is 94.0 Å². The van der Waals surface area contributed by atoms with Gasteiger partial charge in [-0.2, -0.15) is 5.10 Å². The van der Waals surface area contributed by atoms with Gasteiger partial charge in [0, 0.05) is 12.6 Å². The number of anilines is 1. The van der Waals surface area contributed by atoms with Crippen molar-refractivity contribution >= 4 is 17.4 Å². The fraction of sp³-hybridized carbons (Fsp3) is 0.700. The van der Waals surface area contributed by atoms with Crippen LogP contribution >= 0.6 is 11.6 Å². The van der Waals surface area contributed by atoms with E-state index in [1.807, 2.05) is 4.68 Å². The average Bonchev–Trinajstić information content (AvgIpc) is 2.85. The third kappa shape index (κ3) is 1.35. The van der Waals surface area contributed by atoms with Crippen molar-refractivity contribution in [3.8, 4) is 0 Å². The summed E-state index contributed by atoms with van der Waals surface area (Å²) in [6.45, 7) is 2.41. The normalized spacial score (nSPS) is 31.0. The second kappa shape index (κ2) is 3.39. The zero-order chi connectivity index (χ0) is 10.4. The zero-order valence-corrected chi connectivity index (χ0v) is 9.32. The number of aromatic nitrogens is 2. The van der Waals surface area contributed by atoms with Gasteiger partial charge in [-0.25, -0.2) is 4.68 Å². The molecule has 15 heavy (non-hydrogen) atoms. The van der Waals surface area contributed by atoms with E-state index in [0.29, 0.717) is 22.9 Å². The first-order chi connectivity index (χ1) is 7.27. The van der Waals surface area contributed by atoms with Crippen LogP contribution < -0.4 is 5.73 Å². The molecule has 4 nitrogen and oxygen atoms in total. The smallest absolute Gasteiger partial charge is 0.140 e. The minimum Gasteiger partial charge on any atom is -0.383 e. The molecule has 0 aliphatic carbocycles. The van der Waals surface area contributed by atoms with E-state index in [2.05, 4.69) is 10.00 Å². The monoisotopic (exact) mass is 226 g/mol. The van der Waals surface area contributed by atoms with Gasteiger partial charge < -0.3 is 5.73 Å². The summed E-state index contributed by atoms with van der Waals surface area (Å²) in [6, 6.07) is 1.06. The molecule has 2 atom stereocenters. The molecule has 2 aliphatic rings. The first-order valence-electron chi connectivity index (χ1n) is 5.50. The second-order valence-electron chi connectivity index (χ2n) is 4.42. The molecule has 3 heterocycles. The third-order valence-electron chi connectivity index (χ3n) is 3.67. The minimum atomic E-state index is 0.431. The van der Waals surface area contributed by atoms with Gasteiger partial charge in [0.15, 0.2) is 0 Å². The van der Waals surface area contributed by atoms with Crippen LogP contribution in [0.4, 0.5) is 5.82 Å². The second-order valence-corrected chi connectivity index (χ2v) is 4.83. The van der Waals surface area contributed by atoms with Gasteiger partial charge in [-0.3, -0.25) is 4.90 Å². The van der Waals surface area contributed by atoms with Gasteiger partial charge in [-0.1, -0.05) is 11.6 Å². The van der Waals surface area contributed by atoms with Crippen LogP contribution in [-0.4, -0.2) is 33.8 Å². The van der Waals surface area contributed by atoms with E-state index >= 15 is 0 Å². The maximum atomic E-state index is 5.93. The molecule has 0 spiro atoms. The lowest BCUT2D eigenvalue weighted by Crippen LogP contribution is -2.28. The van der Waals surface area contributed by atoms with E-state index in [-0.39, 0.29) is 0 Å². The molecule has 0 bridgehead atoms. The highest BCUT2D eigenvalue weighted by atomic mass is 35.5. The molecule has 0 saturated carbocycles. The number of fused-ring (bicyclic) bond motifs is 1. The molecule has 2 fully saturated rings. The lowest BCUT2D eigenvalue weighted by molar-refractivity contribution is 0.283. The maximum absolute atomic E-state index is 5.93. The lowest BCUT2D eigenvalue weighted by atomic mass is 10.1. The van der Waals surface area contributed by atoms with E-state index in [1.54, 1.807) is 6.20 Å². The van der Waals surface area contributed by atoms with Crippen molar-refractivity contribution in [2.75, 3.05) is 18.8 Å². The first kappa shape index (κ1) is 9.48. The summed E-state index contributed by atoms with van der Waals surface area (Å²) in [6.07, 6.45) is 5.36. The molecule has 2 saturated heterocycles. The van der Waals surface area contributed by atoms with Gasteiger partial charge in [0.2, 0.25) is 0 Å². The Hall–Kier alpha value is -0.740. The molecule has 3 rings (SSSR count). The Bertz CT molecular complexity index is 375. The Morgan fingerprint density at radius 3 is 2.93 bits per heavy atom. The molecule has 0 amide bonds. The average molecular weight is 227 g/mol. The first-order valence-corrected chi connectivity index (χ1v) is 5.87. The highest BCUT2D eigenvalue weighted by Crippen LogP contribution is 2.37. The summed E-state index contributed by atoms with van der Waals surface area (Å²) >= 11 is 5.93. The molecule has 1 aromatic heterocycles. The van der Waals surface area contributed by atoms with Gasteiger partial charge in [0.1, 0.15) is 10.8 Å². The van der Waals surface area contributed by atoms with Crippen LogP contribution in [-0.2, 0) is 0 Å². The van der Waals surface area contributed by atoms with Crippen molar-refractivity contribution in [3.05, 3.63) is 11.2 Å². The van der Waals surface area contributed by atoms with Crippen molar-refractivity contribution in [2.45, 2.75) is 31.3 Å². The van der Waals surface area contributed by atoms with E-state index in [4.69, 9.17) is 17.3 Å². The van der Waals surface area contributed by atoms with Crippen molar-refractivity contribution in [3.63, 3.8) is 0 Å². The Morgan fingerprint density at radius 2 is 2.20 bits per heavy atom. The van der Waals surface area contributed by atoms with Crippen LogP contribution in [0.15, 0.2) is 6.20 Å². The third-order valence-corrected chi connectivity index (χ3v) is 3.96. The highest BCUT2D eigenvalue weighted by Gasteiger charge is 2.39. The maximum Gasteiger partial charge on any atom is 0.140 e. The van der Waals surface area contributed by atoms with Gasteiger partial charge in [-0.15, -0.1) is 0 Å². The van der Waals surface area contributed by atoms with Crippen LogP contribution in [0, 0.1) is 0 Å². The summed E-state index contributed by atoms with van der Waals surface area (Å²) in [5.41, 5.74) is 5.92. The molecular formula is C10H15ClN4. The molecule has 1 aromatic rings. The quantitative estimate of drug-likeness (QED) is 0.790. The number of hydrogen-bond donors (Lipinski definition) is 1. The number of nitrogens with zero attached hydrogens (tertiary/aromatic N) is 3.